The van der Waals surface area contributed by atoms with Gasteiger partial charge in [0.15, 0.2) is 0 Å². The van der Waals surface area contributed by atoms with Gasteiger partial charge in [0, 0.05) is 18.8 Å². The highest BCUT2D eigenvalue weighted by Gasteiger charge is 2.51. The molecule has 1 aromatic rings. The van der Waals surface area contributed by atoms with E-state index in [4.69, 9.17) is 18.8 Å². The molecular weight excluding hydrogens is 281 g/mol. The standard InChI is InChI=1S/C16H26BNO4/c1-11(2)20-14-8-12(9-18-13(14)10-19-7)17-21-15(3,4)16(5,6)22-17/h8-9,11H,10H2,1-7H3. The number of rotatable bonds is 5. The molecule has 0 bridgehead atoms. The summed E-state index contributed by atoms with van der Waals surface area (Å²) >= 11 is 0. The van der Waals surface area contributed by atoms with Crippen molar-refractivity contribution < 1.29 is 18.8 Å². The maximum Gasteiger partial charge on any atom is 0.496 e. The van der Waals surface area contributed by atoms with E-state index in [1.54, 1.807) is 13.3 Å². The molecule has 1 fully saturated rings. The number of methoxy groups -OCH3 is 1. The molecular formula is C16H26BNO4. The van der Waals surface area contributed by atoms with E-state index in [9.17, 15) is 0 Å². The summed E-state index contributed by atoms with van der Waals surface area (Å²) in [4.78, 5) is 4.45. The zero-order chi connectivity index (χ0) is 16.5. The van der Waals surface area contributed by atoms with E-state index in [0.29, 0.717) is 12.4 Å². The van der Waals surface area contributed by atoms with E-state index in [-0.39, 0.29) is 17.3 Å². The summed E-state index contributed by atoms with van der Waals surface area (Å²) in [6, 6.07) is 1.93. The van der Waals surface area contributed by atoms with Crippen LogP contribution in [0.5, 0.6) is 5.75 Å². The third-order valence-electron chi connectivity index (χ3n) is 4.12. The number of pyridine rings is 1. The Bertz CT molecular complexity index is 515. The second kappa shape index (κ2) is 6.18. The minimum Gasteiger partial charge on any atom is -0.489 e. The molecule has 6 heteroatoms. The maximum atomic E-state index is 6.06. The molecule has 0 N–H and O–H groups in total. The average molecular weight is 307 g/mol. The minimum absolute atomic E-state index is 0.0611. The van der Waals surface area contributed by atoms with Crippen molar-refractivity contribution in [3.63, 3.8) is 0 Å². The van der Waals surface area contributed by atoms with Crippen molar-refractivity contribution in [2.24, 2.45) is 0 Å². The quantitative estimate of drug-likeness (QED) is 0.781. The van der Waals surface area contributed by atoms with Crippen LogP contribution >= 0.6 is 0 Å². The minimum atomic E-state index is -0.441. The monoisotopic (exact) mass is 307 g/mol. The van der Waals surface area contributed by atoms with Crippen molar-refractivity contribution in [1.82, 2.24) is 4.98 Å². The van der Waals surface area contributed by atoms with Crippen LogP contribution in [0, 0.1) is 0 Å². The first-order valence-electron chi connectivity index (χ1n) is 7.66. The van der Waals surface area contributed by atoms with Gasteiger partial charge in [-0.25, -0.2) is 0 Å². The number of nitrogens with zero attached hydrogens (tertiary/aromatic N) is 1. The van der Waals surface area contributed by atoms with Gasteiger partial charge in [0.2, 0.25) is 0 Å². The number of ether oxygens (including phenoxy) is 2. The Morgan fingerprint density at radius 3 is 2.27 bits per heavy atom. The Morgan fingerprint density at radius 1 is 1.18 bits per heavy atom. The van der Waals surface area contributed by atoms with Crippen LogP contribution in [0.2, 0.25) is 0 Å². The molecule has 0 atom stereocenters. The van der Waals surface area contributed by atoms with Gasteiger partial charge in [0.25, 0.3) is 0 Å². The molecule has 0 unspecified atom stereocenters. The summed E-state index contributed by atoms with van der Waals surface area (Å²) in [5.41, 5.74) is 0.884. The van der Waals surface area contributed by atoms with Crippen molar-refractivity contribution in [2.45, 2.75) is 65.5 Å². The molecule has 2 heterocycles. The highest BCUT2D eigenvalue weighted by molar-refractivity contribution is 6.62. The van der Waals surface area contributed by atoms with E-state index in [2.05, 4.69) is 4.98 Å². The summed E-state index contributed by atoms with van der Waals surface area (Å²) in [5, 5.41) is 0. The average Bonchev–Trinajstić information content (AvgIpc) is 2.60. The van der Waals surface area contributed by atoms with E-state index in [1.807, 2.05) is 47.6 Å². The smallest absolute Gasteiger partial charge is 0.489 e. The molecule has 22 heavy (non-hydrogen) atoms. The van der Waals surface area contributed by atoms with Gasteiger partial charge >= 0.3 is 7.12 Å². The molecule has 0 amide bonds. The maximum absolute atomic E-state index is 6.06. The van der Waals surface area contributed by atoms with Crippen LogP contribution in [0.1, 0.15) is 47.2 Å². The van der Waals surface area contributed by atoms with Crippen LogP contribution in [0.4, 0.5) is 0 Å². The zero-order valence-electron chi connectivity index (χ0n) is 14.6. The molecule has 0 aliphatic carbocycles. The van der Waals surface area contributed by atoms with Crippen LogP contribution in [0.15, 0.2) is 12.3 Å². The fourth-order valence-corrected chi connectivity index (χ4v) is 2.20. The van der Waals surface area contributed by atoms with E-state index >= 15 is 0 Å². The Balaban J connectivity index is 2.29. The van der Waals surface area contributed by atoms with Crippen LogP contribution in [-0.2, 0) is 20.7 Å². The van der Waals surface area contributed by atoms with Gasteiger partial charge in [-0.2, -0.15) is 0 Å². The molecule has 2 rings (SSSR count). The Hall–Kier alpha value is -1.11. The van der Waals surface area contributed by atoms with Gasteiger partial charge in [0.05, 0.1) is 23.9 Å². The number of hydrogen-bond acceptors (Lipinski definition) is 5. The third-order valence-corrected chi connectivity index (χ3v) is 4.12. The lowest BCUT2D eigenvalue weighted by molar-refractivity contribution is 0.00578. The lowest BCUT2D eigenvalue weighted by Gasteiger charge is -2.32. The predicted molar refractivity (Wildman–Crippen MR) is 86.4 cm³/mol. The third kappa shape index (κ3) is 3.45. The highest BCUT2D eigenvalue weighted by atomic mass is 16.7. The van der Waals surface area contributed by atoms with Gasteiger partial charge in [0.1, 0.15) is 11.4 Å². The highest BCUT2D eigenvalue weighted by Crippen LogP contribution is 2.36. The van der Waals surface area contributed by atoms with E-state index in [1.165, 1.54) is 0 Å². The topological polar surface area (TPSA) is 49.8 Å². The molecule has 5 nitrogen and oxygen atoms in total. The normalized spacial score (nSPS) is 19.7. The largest absolute Gasteiger partial charge is 0.496 e. The summed E-state index contributed by atoms with van der Waals surface area (Å²) in [5.74, 6) is 0.712. The SMILES string of the molecule is COCc1ncc(B2OC(C)(C)C(C)(C)O2)cc1OC(C)C. The Labute approximate surface area is 133 Å². The van der Waals surface area contributed by atoms with Crippen LogP contribution in [0.3, 0.4) is 0 Å². The van der Waals surface area contributed by atoms with Crippen molar-refractivity contribution >= 4 is 12.6 Å². The molecule has 0 aromatic carbocycles. The molecule has 1 aliphatic rings. The van der Waals surface area contributed by atoms with Gasteiger partial charge in [-0.1, -0.05) is 0 Å². The van der Waals surface area contributed by atoms with Crippen molar-refractivity contribution in [3.05, 3.63) is 18.0 Å². The molecule has 1 saturated heterocycles. The van der Waals surface area contributed by atoms with Crippen LogP contribution in [0.25, 0.3) is 0 Å². The summed E-state index contributed by atoms with van der Waals surface area (Å²) in [7, 11) is 1.20. The van der Waals surface area contributed by atoms with Crippen molar-refractivity contribution in [1.29, 1.82) is 0 Å². The Morgan fingerprint density at radius 2 is 1.77 bits per heavy atom. The molecule has 1 aromatic heterocycles. The van der Waals surface area contributed by atoms with E-state index < -0.39 is 7.12 Å². The van der Waals surface area contributed by atoms with E-state index in [0.717, 1.165) is 11.2 Å². The fourth-order valence-electron chi connectivity index (χ4n) is 2.20. The predicted octanol–water partition coefficient (Wildman–Crippen LogP) is 2.31. The van der Waals surface area contributed by atoms with Crippen LogP contribution < -0.4 is 10.2 Å². The Kier molecular flexibility index (Phi) is 4.85. The molecule has 0 saturated carbocycles. The second-order valence-electron chi connectivity index (χ2n) is 6.90. The summed E-state index contributed by atoms with van der Waals surface area (Å²) in [6.07, 6.45) is 1.83. The lowest BCUT2D eigenvalue weighted by Crippen LogP contribution is -2.41. The first-order chi connectivity index (χ1) is 10.2. The molecule has 0 spiro atoms. The zero-order valence-corrected chi connectivity index (χ0v) is 14.6. The molecule has 1 aliphatic heterocycles. The second-order valence-corrected chi connectivity index (χ2v) is 6.90. The van der Waals surface area contributed by atoms with Gasteiger partial charge < -0.3 is 18.8 Å². The molecule has 122 valence electrons. The van der Waals surface area contributed by atoms with Gasteiger partial charge in [-0.05, 0) is 47.6 Å². The van der Waals surface area contributed by atoms with Crippen molar-refractivity contribution in [3.8, 4) is 5.75 Å². The van der Waals surface area contributed by atoms with Gasteiger partial charge in [-0.15, -0.1) is 0 Å². The van der Waals surface area contributed by atoms with Crippen LogP contribution in [-0.4, -0.2) is 36.5 Å². The van der Waals surface area contributed by atoms with Gasteiger partial charge in [-0.3, -0.25) is 4.98 Å². The summed E-state index contributed by atoms with van der Waals surface area (Å²) in [6.45, 7) is 12.5. The molecule has 0 radical (unpaired) electrons. The number of aromatic nitrogens is 1. The first kappa shape index (κ1) is 17.3. The summed E-state index contributed by atoms with van der Waals surface area (Å²) < 4.78 is 23.1. The lowest BCUT2D eigenvalue weighted by atomic mass is 9.80. The first-order valence-corrected chi connectivity index (χ1v) is 7.66. The fraction of sp³-hybridized carbons (Fsp3) is 0.688. The van der Waals surface area contributed by atoms with Crippen molar-refractivity contribution in [2.75, 3.05) is 7.11 Å². The number of hydrogen-bond donors (Lipinski definition) is 0.